The lowest BCUT2D eigenvalue weighted by molar-refractivity contribution is 0.0478. The van der Waals surface area contributed by atoms with Crippen LogP contribution in [0.2, 0.25) is 0 Å². The molecule has 1 heterocycles. The van der Waals surface area contributed by atoms with Crippen molar-refractivity contribution in [1.82, 2.24) is 4.90 Å². The summed E-state index contributed by atoms with van der Waals surface area (Å²) in [6.45, 7) is 3.04. The fourth-order valence-corrected chi connectivity index (χ4v) is 3.29. The largest absolute Gasteiger partial charge is 0.383 e. The Balaban J connectivity index is 2.18. The Morgan fingerprint density at radius 1 is 1.52 bits per heavy atom. The van der Waals surface area contributed by atoms with Crippen molar-refractivity contribution < 1.29 is 5.11 Å². The highest BCUT2D eigenvalue weighted by molar-refractivity contribution is 6.33. The van der Waals surface area contributed by atoms with Crippen LogP contribution in [0.1, 0.15) is 32.6 Å². The van der Waals surface area contributed by atoms with E-state index in [0.29, 0.717) is 31.1 Å². The van der Waals surface area contributed by atoms with Gasteiger partial charge in [0.25, 0.3) is 0 Å². The van der Waals surface area contributed by atoms with Crippen molar-refractivity contribution in [1.29, 1.82) is 0 Å². The molecule has 1 N–H and O–H groups in total. The number of aliphatic imine (C=N–C) groups is 2. The van der Waals surface area contributed by atoms with Gasteiger partial charge in [-0.3, -0.25) is 4.99 Å². The SMILES string of the molecule is CCCCC(O)(CN1C=NC=NC1)C1=CCC(Cl)C=C1Cl. The molecule has 21 heavy (non-hydrogen) atoms. The zero-order valence-electron chi connectivity index (χ0n) is 12.2. The Labute approximate surface area is 135 Å². The van der Waals surface area contributed by atoms with Crippen LogP contribution in [-0.2, 0) is 0 Å². The Morgan fingerprint density at radius 3 is 2.95 bits per heavy atom. The fraction of sp³-hybridized carbons (Fsp3) is 0.600. The second-order valence-corrected chi connectivity index (χ2v) is 6.44. The molecule has 2 aliphatic rings. The maximum atomic E-state index is 11.2. The number of aliphatic hydroxyl groups is 1. The first-order valence-corrected chi connectivity index (χ1v) is 8.07. The van der Waals surface area contributed by atoms with E-state index >= 15 is 0 Å². The smallest absolute Gasteiger partial charge is 0.113 e. The van der Waals surface area contributed by atoms with Gasteiger partial charge in [-0.15, -0.1) is 11.6 Å². The average molecular weight is 330 g/mol. The summed E-state index contributed by atoms with van der Waals surface area (Å²) < 4.78 is 0. The molecular formula is C15H21Cl2N3O. The molecule has 0 saturated carbocycles. The first-order chi connectivity index (χ1) is 10.0. The van der Waals surface area contributed by atoms with E-state index in [9.17, 15) is 5.11 Å². The third-order valence-corrected chi connectivity index (χ3v) is 4.32. The van der Waals surface area contributed by atoms with Crippen molar-refractivity contribution >= 4 is 35.9 Å². The van der Waals surface area contributed by atoms with Gasteiger partial charge in [-0.2, -0.15) is 0 Å². The van der Waals surface area contributed by atoms with Crippen LogP contribution in [0.3, 0.4) is 0 Å². The zero-order chi connectivity index (χ0) is 15.3. The fourth-order valence-electron chi connectivity index (χ4n) is 2.60. The predicted molar refractivity (Wildman–Crippen MR) is 89.3 cm³/mol. The molecule has 0 aromatic heterocycles. The molecule has 0 aromatic rings. The third kappa shape index (κ3) is 4.31. The Kier molecular flexibility index (Phi) is 5.85. The van der Waals surface area contributed by atoms with Crippen molar-refractivity contribution in [2.45, 2.75) is 43.6 Å². The van der Waals surface area contributed by atoms with Gasteiger partial charge in [0.05, 0.1) is 18.3 Å². The molecule has 0 radical (unpaired) electrons. The van der Waals surface area contributed by atoms with E-state index in [1.54, 1.807) is 12.4 Å². The van der Waals surface area contributed by atoms with Gasteiger partial charge in [0, 0.05) is 5.03 Å². The minimum atomic E-state index is -1.00. The third-order valence-electron chi connectivity index (χ3n) is 3.68. The van der Waals surface area contributed by atoms with Crippen LogP contribution in [0.15, 0.2) is 32.7 Å². The lowest BCUT2D eigenvalue weighted by atomic mass is 9.84. The normalized spacial score (nSPS) is 24.6. The number of hydrogen-bond donors (Lipinski definition) is 1. The number of β-amino-alcohol motifs (C(OH)–C–C–N with tert-alkyl or cyclic N) is 1. The Bertz CT molecular complexity index is 487. The van der Waals surface area contributed by atoms with Gasteiger partial charge in [0.2, 0.25) is 0 Å². The molecule has 116 valence electrons. The summed E-state index contributed by atoms with van der Waals surface area (Å²) in [6.07, 6.45) is 10.3. The van der Waals surface area contributed by atoms with Crippen molar-refractivity contribution in [2.75, 3.05) is 13.2 Å². The lowest BCUT2D eigenvalue weighted by Gasteiger charge is -2.36. The number of nitrogens with zero attached hydrogens (tertiary/aromatic N) is 3. The number of hydrogen-bond acceptors (Lipinski definition) is 4. The minimum absolute atomic E-state index is 0.0992. The van der Waals surface area contributed by atoms with E-state index in [-0.39, 0.29) is 5.38 Å². The molecule has 4 nitrogen and oxygen atoms in total. The highest BCUT2D eigenvalue weighted by atomic mass is 35.5. The molecule has 0 aromatic carbocycles. The van der Waals surface area contributed by atoms with Crippen LogP contribution in [0.4, 0.5) is 0 Å². The molecule has 2 unspecified atom stereocenters. The van der Waals surface area contributed by atoms with Crippen LogP contribution in [0.25, 0.3) is 0 Å². The molecule has 0 amide bonds. The first-order valence-electron chi connectivity index (χ1n) is 7.25. The van der Waals surface area contributed by atoms with Gasteiger partial charge < -0.3 is 10.0 Å². The number of allylic oxidation sites excluding steroid dienone is 2. The summed E-state index contributed by atoms with van der Waals surface area (Å²) in [7, 11) is 0. The molecule has 0 bridgehead atoms. The zero-order valence-corrected chi connectivity index (χ0v) is 13.7. The van der Waals surface area contributed by atoms with Gasteiger partial charge >= 0.3 is 0 Å². The summed E-state index contributed by atoms with van der Waals surface area (Å²) in [6, 6.07) is 0. The van der Waals surface area contributed by atoms with Gasteiger partial charge in [0.15, 0.2) is 0 Å². The molecule has 0 saturated heterocycles. The number of halogens is 2. The highest BCUT2D eigenvalue weighted by Crippen LogP contribution is 2.36. The van der Waals surface area contributed by atoms with E-state index in [1.165, 1.54) is 6.34 Å². The molecule has 1 aliphatic heterocycles. The van der Waals surface area contributed by atoms with E-state index < -0.39 is 5.60 Å². The van der Waals surface area contributed by atoms with E-state index in [1.807, 2.05) is 11.0 Å². The second kappa shape index (κ2) is 7.43. The van der Waals surface area contributed by atoms with Gasteiger partial charge in [0.1, 0.15) is 18.6 Å². The summed E-state index contributed by atoms with van der Waals surface area (Å²) in [5, 5.41) is 11.6. The predicted octanol–water partition coefficient (Wildman–Crippen LogP) is 3.30. The Morgan fingerprint density at radius 2 is 2.33 bits per heavy atom. The average Bonchev–Trinajstić information content (AvgIpc) is 2.46. The summed E-state index contributed by atoms with van der Waals surface area (Å²) >= 11 is 12.4. The lowest BCUT2D eigenvalue weighted by Crippen LogP contribution is -2.45. The van der Waals surface area contributed by atoms with E-state index in [2.05, 4.69) is 16.9 Å². The van der Waals surface area contributed by atoms with Crippen molar-refractivity contribution in [3.8, 4) is 0 Å². The molecule has 2 rings (SSSR count). The standard InChI is InChI=1S/C15H21Cl2N3O/c1-2-3-6-15(21,8-20-10-18-9-19-11-20)13-5-4-12(16)7-14(13)17/h5,7,9-10,12,21H,2-4,6,8,11H2,1H3. The quantitative estimate of drug-likeness (QED) is 0.760. The molecule has 6 heteroatoms. The van der Waals surface area contributed by atoms with Crippen LogP contribution in [0.5, 0.6) is 0 Å². The van der Waals surface area contributed by atoms with Gasteiger partial charge in [-0.25, -0.2) is 4.99 Å². The Hall–Kier alpha value is -0.840. The molecule has 0 spiro atoms. The summed E-state index contributed by atoms with van der Waals surface area (Å²) in [4.78, 5) is 10.0. The highest BCUT2D eigenvalue weighted by Gasteiger charge is 2.35. The van der Waals surface area contributed by atoms with Crippen LogP contribution in [0, 0.1) is 0 Å². The molecular weight excluding hydrogens is 309 g/mol. The summed E-state index contributed by atoms with van der Waals surface area (Å²) in [5.74, 6) is 0. The van der Waals surface area contributed by atoms with E-state index in [0.717, 1.165) is 18.4 Å². The van der Waals surface area contributed by atoms with Crippen molar-refractivity contribution in [2.24, 2.45) is 9.98 Å². The number of alkyl halides is 1. The van der Waals surface area contributed by atoms with Gasteiger partial charge in [-0.05, 0) is 24.5 Å². The minimum Gasteiger partial charge on any atom is -0.383 e. The molecule has 1 aliphatic carbocycles. The monoisotopic (exact) mass is 329 g/mol. The summed E-state index contributed by atoms with van der Waals surface area (Å²) in [5.41, 5.74) is -0.225. The number of rotatable bonds is 6. The topological polar surface area (TPSA) is 48.2 Å². The number of unbranched alkanes of at least 4 members (excludes halogenated alkanes) is 1. The van der Waals surface area contributed by atoms with Crippen molar-refractivity contribution in [3.63, 3.8) is 0 Å². The van der Waals surface area contributed by atoms with Crippen molar-refractivity contribution in [3.05, 3.63) is 22.8 Å². The van der Waals surface area contributed by atoms with Crippen LogP contribution >= 0.6 is 23.2 Å². The maximum Gasteiger partial charge on any atom is 0.113 e. The molecule has 2 atom stereocenters. The maximum absolute atomic E-state index is 11.2. The second-order valence-electron chi connectivity index (χ2n) is 5.47. The van der Waals surface area contributed by atoms with Crippen LogP contribution < -0.4 is 0 Å². The first kappa shape index (κ1) is 16.5. The molecule has 0 fully saturated rings. The van der Waals surface area contributed by atoms with Gasteiger partial charge in [-0.1, -0.05) is 37.4 Å². The van der Waals surface area contributed by atoms with E-state index in [4.69, 9.17) is 23.2 Å². The van der Waals surface area contributed by atoms with Crippen LogP contribution in [-0.4, -0.2) is 46.9 Å².